The lowest BCUT2D eigenvalue weighted by Gasteiger charge is -2.24. The molecule has 104 valence electrons. The molecule has 1 aliphatic rings. The third-order valence-corrected chi connectivity index (χ3v) is 4.93. The average molecular weight is 284 g/mol. The van der Waals surface area contributed by atoms with E-state index in [0.29, 0.717) is 6.04 Å². The molecule has 0 amide bonds. The van der Waals surface area contributed by atoms with Gasteiger partial charge in [0.1, 0.15) is 5.03 Å². The molecule has 1 aromatic heterocycles. The van der Waals surface area contributed by atoms with Gasteiger partial charge >= 0.3 is 0 Å². The molecule has 1 aromatic carbocycles. The summed E-state index contributed by atoms with van der Waals surface area (Å²) in [4.78, 5) is 8.44. The van der Waals surface area contributed by atoms with Gasteiger partial charge in [-0.3, -0.25) is 4.90 Å². The van der Waals surface area contributed by atoms with Crippen molar-refractivity contribution in [2.75, 3.05) is 13.1 Å². The number of hydrogen-bond acceptors (Lipinski definition) is 3. The van der Waals surface area contributed by atoms with E-state index in [-0.39, 0.29) is 0 Å². The molecule has 3 rings (SSSR count). The molecule has 0 unspecified atom stereocenters. The van der Waals surface area contributed by atoms with Crippen molar-refractivity contribution < 1.29 is 0 Å². The second-order valence-corrected chi connectivity index (χ2v) is 6.16. The number of benzene rings is 1. The van der Waals surface area contributed by atoms with Crippen molar-refractivity contribution in [1.82, 2.24) is 9.88 Å². The maximum Gasteiger partial charge on any atom is 0.105 e. The van der Waals surface area contributed by atoms with Crippen molar-refractivity contribution in [3.8, 4) is 0 Å². The Labute approximate surface area is 125 Å². The third kappa shape index (κ3) is 2.89. The molecule has 0 aliphatic carbocycles. The molecule has 0 saturated carbocycles. The lowest BCUT2D eigenvalue weighted by atomic mass is 10.1. The molecule has 20 heavy (non-hydrogen) atoms. The van der Waals surface area contributed by atoms with Crippen LogP contribution in [0.15, 0.2) is 58.6 Å². The van der Waals surface area contributed by atoms with Gasteiger partial charge in [0, 0.05) is 22.7 Å². The molecule has 0 radical (unpaired) electrons. The zero-order valence-corrected chi connectivity index (χ0v) is 12.6. The minimum Gasteiger partial charge on any atom is -0.297 e. The van der Waals surface area contributed by atoms with E-state index in [1.807, 2.05) is 6.20 Å². The number of rotatable bonds is 4. The van der Waals surface area contributed by atoms with E-state index in [1.165, 1.54) is 29.8 Å². The molecule has 1 fully saturated rings. The van der Waals surface area contributed by atoms with Gasteiger partial charge in [-0.05, 0) is 44.1 Å². The molecule has 2 heterocycles. The lowest BCUT2D eigenvalue weighted by molar-refractivity contribution is 0.268. The Kier molecular flexibility index (Phi) is 4.38. The summed E-state index contributed by atoms with van der Waals surface area (Å²) in [6.07, 6.45) is 4.45. The van der Waals surface area contributed by atoms with Crippen LogP contribution in [-0.2, 0) is 0 Å². The summed E-state index contributed by atoms with van der Waals surface area (Å²) in [7, 11) is 0. The Morgan fingerprint density at radius 2 is 2.05 bits per heavy atom. The molecule has 2 nitrogen and oxygen atoms in total. The standard InChI is InChI=1S/C17H20N2S/c1-2-19-13-7-11-16(19)15-10-6-12-18-17(15)20-14-8-4-3-5-9-14/h3-6,8-10,12,16H,2,7,11,13H2,1H3/t16-/m0/s1. The van der Waals surface area contributed by atoms with Gasteiger partial charge in [0.25, 0.3) is 0 Å². The van der Waals surface area contributed by atoms with E-state index in [1.54, 1.807) is 11.8 Å². The largest absolute Gasteiger partial charge is 0.297 e. The molecular formula is C17H20N2S. The fraction of sp³-hybridized carbons (Fsp3) is 0.353. The molecule has 0 bridgehead atoms. The summed E-state index contributed by atoms with van der Waals surface area (Å²) < 4.78 is 0. The average Bonchev–Trinajstić information content (AvgIpc) is 2.97. The highest BCUT2D eigenvalue weighted by molar-refractivity contribution is 7.99. The monoisotopic (exact) mass is 284 g/mol. The maximum absolute atomic E-state index is 4.62. The van der Waals surface area contributed by atoms with Crippen LogP contribution in [0.5, 0.6) is 0 Å². The third-order valence-electron chi connectivity index (χ3n) is 3.89. The minimum atomic E-state index is 0.542. The van der Waals surface area contributed by atoms with E-state index in [4.69, 9.17) is 0 Å². The summed E-state index contributed by atoms with van der Waals surface area (Å²) in [6, 6.07) is 15.4. The Morgan fingerprint density at radius 1 is 1.20 bits per heavy atom. The summed E-state index contributed by atoms with van der Waals surface area (Å²) in [5, 5.41) is 1.16. The predicted molar refractivity (Wildman–Crippen MR) is 84.0 cm³/mol. The second-order valence-electron chi connectivity index (χ2n) is 5.10. The first-order valence-corrected chi connectivity index (χ1v) is 8.12. The van der Waals surface area contributed by atoms with Crippen LogP contribution in [0.3, 0.4) is 0 Å². The van der Waals surface area contributed by atoms with Crippen LogP contribution in [-0.4, -0.2) is 23.0 Å². The van der Waals surface area contributed by atoms with Crippen molar-refractivity contribution in [2.45, 2.75) is 35.7 Å². The van der Waals surface area contributed by atoms with E-state index in [0.717, 1.165) is 11.6 Å². The van der Waals surface area contributed by atoms with E-state index in [2.05, 4.69) is 59.3 Å². The zero-order valence-electron chi connectivity index (χ0n) is 11.8. The maximum atomic E-state index is 4.62. The first kappa shape index (κ1) is 13.7. The summed E-state index contributed by atoms with van der Waals surface area (Å²) in [6.45, 7) is 4.58. The number of hydrogen-bond donors (Lipinski definition) is 0. The Hall–Kier alpha value is -1.32. The van der Waals surface area contributed by atoms with Crippen molar-refractivity contribution in [3.63, 3.8) is 0 Å². The molecule has 1 aliphatic heterocycles. The van der Waals surface area contributed by atoms with Crippen LogP contribution in [0, 0.1) is 0 Å². The fourth-order valence-corrected chi connectivity index (χ4v) is 3.85. The summed E-state index contributed by atoms with van der Waals surface area (Å²) >= 11 is 1.78. The molecule has 1 atom stereocenters. The number of pyridine rings is 1. The van der Waals surface area contributed by atoms with Crippen LogP contribution in [0.1, 0.15) is 31.4 Å². The molecule has 1 saturated heterocycles. The first-order chi connectivity index (χ1) is 9.88. The van der Waals surface area contributed by atoms with Crippen LogP contribution in [0.2, 0.25) is 0 Å². The van der Waals surface area contributed by atoms with E-state index >= 15 is 0 Å². The number of aromatic nitrogens is 1. The van der Waals surface area contributed by atoms with Gasteiger partial charge in [0.05, 0.1) is 0 Å². The number of nitrogens with zero attached hydrogens (tertiary/aromatic N) is 2. The van der Waals surface area contributed by atoms with Crippen LogP contribution < -0.4 is 0 Å². The Morgan fingerprint density at radius 3 is 2.85 bits per heavy atom. The quantitative estimate of drug-likeness (QED) is 0.828. The Bertz CT molecular complexity index is 556. The predicted octanol–water partition coefficient (Wildman–Crippen LogP) is 4.39. The number of likely N-dealkylation sites (tertiary alicyclic amines) is 1. The Balaban J connectivity index is 1.88. The smallest absolute Gasteiger partial charge is 0.105 e. The van der Waals surface area contributed by atoms with Gasteiger partial charge in [-0.2, -0.15) is 0 Å². The molecule has 0 N–H and O–H groups in total. The molecule has 3 heteroatoms. The topological polar surface area (TPSA) is 16.1 Å². The first-order valence-electron chi connectivity index (χ1n) is 7.30. The van der Waals surface area contributed by atoms with Crippen molar-refractivity contribution in [2.24, 2.45) is 0 Å². The van der Waals surface area contributed by atoms with Gasteiger partial charge in [-0.25, -0.2) is 4.98 Å². The van der Waals surface area contributed by atoms with Crippen molar-refractivity contribution >= 4 is 11.8 Å². The minimum absolute atomic E-state index is 0.542. The highest BCUT2D eigenvalue weighted by Crippen LogP contribution is 2.38. The van der Waals surface area contributed by atoms with Gasteiger partial charge in [0.2, 0.25) is 0 Å². The fourth-order valence-electron chi connectivity index (χ4n) is 2.90. The van der Waals surface area contributed by atoms with Gasteiger partial charge in [0.15, 0.2) is 0 Å². The van der Waals surface area contributed by atoms with Gasteiger partial charge in [-0.15, -0.1) is 0 Å². The molecule has 0 spiro atoms. The summed E-state index contributed by atoms with van der Waals surface area (Å²) in [5.41, 5.74) is 1.39. The van der Waals surface area contributed by atoms with Crippen molar-refractivity contribution in [3.05, 3.63) is 54.2 Å². The van der Waals surface area contributed by atoms with Gasteiger partial charge < -0.3 is 0 Å². The van der Waals surface area contributed by atoms with E-state index in [9.17, 15) is 0 Å². The van der Waals surface area contributed by atoms with Crippen molar-refractivity contribution in [1.29, 1.82) is 0 Å². The second kappa shape index (κ2) is 6.42. The molecule has 2 aromatic rings. The summed E-state index contributed by atoms with van der Waals surface area (Å²) in [5.74, 6) is 0. The normalized spacial score (nSPS) is 19.4. The van der Waals surface area contributed by atoms with Crippen LogP contribution in [0.4, 0.5) is 0 Å². The van der Waals surface area contributed by atoms with Gasteiger partial charge in [-0.1, -0.05) is 43.0 Å². The highest BCUT2D eigenvalue weighted by Gasteiger charge is 2.26. The van der Waals surface area contributed by atoms with Crippen LogP contribution in [0.25, 0.3) is 0 Å². The SMILES string of the molecule is CCN1CCC[C@H]1c1cccnc1Sc1ccccc1. The zero-order chi connectivity index (χ0) is 13.8. The molecular weight excluding hydrogens is 264 g/mol. The lowest BCUT2D eigenvalue weighted by Crippen LogP contribution is -2.23. The van der Waals surface area contributed by atoms with E-state index < -0.39 is 0 Å². The van der Waals surface area contributed by atoms with Crippen LogP contribution >= 0.6 is 11.8 Å². The highest BCUT2D eigenvalue weighted by atomic mass is 32.2.